The van der Waals surface area contributed by atoms with Crippen LogP contribution in [0, 0.1) is 0 Å². The van der Waals surface area contributed by atoms with Crippen LogP contribution in [-0.4, -0.2) is 37.5 Å². The van der Waals surface area contributed by atoms with E-state index in [1.807, 2.05) is 13.8 Å². The molecule has 0 saturated heterocycles. The van der Waals surface area contributed by atoms with Gasteiger partial charge in [-0.3, -0.25) is 0 Å². The van der Waals surface area contributed by atoms with Crippen molar-refractivity contribution in [2.24, 2.45) is 0 Å². The molecule has 6 nitrogen and oxygen atoms in total. The summed E-state index contributed by atoms with van der Waals surface area (Å²) in [6, 6.07) is 0. The van der Waals surface area contributed by atoms with Crippen LogP contribution in [0.2, 0.25) is 0 Å². The Morgan fingerprint density at radius 3 is 1.50 bits per heavy atom. The van der Waals surface area contributed by atoms with Gasteiger partial charge in [-0.05, 0) is 13.8 Å². The van der Waals surface area contributed by atoms with Crippen LogP contribution in [0.15, 0.2) is 0 Å². The van der Waals surface area contributed by atoms with Gasteiger partial charge in [0.15, 0.2) is 17.2 Å². The molecular formula is C12H20N2O4. The zero-order chi connectivity index (χ0) is 13.7. The summed E-state index contributed by atoms with van der Waals surface area (Å²) in [5.41, 5.74) is 0.684. The highest BCUT2D eigenvalue weighted by atomic mass is 16.5. The summed E-state index contributed by atoms with van der Waals surface area (Å²) in [4.78, 5) is 0. The molecule has 6 heteroatoms. The molecule has 102 valence electrons. The third-order valence-electron chi connectivity index (χ3n) is 2.47. The minimum atomic E-state index is -0.148. The second kappa shape index (κ2) is 6.09. The van der Waals surface area contributed by atoms with Crippen LogP contribution < -0.4 is 20.1 Å². The first-order valence-electron chi connectivity index (χ1n) is 5.79. The molecule has 0 aliphatic carbocycles. The molecular weight excluding hydrogens is 236 g/mol. The largest absolute Gasteiger partial charge is 0.504 e. The van der Waals surface area contributed by atoms with E-state index in [1.165, 1.54) is 14.2 Å². The maximum Gasteiger partial charge on any atom is 0.205 e. The summed E-state index contributed by atoms with van der Waals surface area (Å²) < 4.78 is 10.2. The van der Waals surface area contributed by atoms with E-state index in [-0.39, 0.29) is 23.0 Å². The number of benzene rings is 1. The quantitative estimate of drug-likeness (QED) is 0.460. The SMILES string of the molecule is CCNc1c(O)c(NCC)c(OC)c(O)c1OC. The molecule has 0 fully saturated rings. The Kier molecular flexibility index (Phi) is 4.76. The van der Waals surface area contributed by atoms with Crippen molar-refractivity contribution in [2.45, 2.75) is 13.8 Å². The fourth-order valence-electron chi connectivity index (χ4n) is 1.76. The molecule has 0 aromatic heterocycles. The van der Waals surface area contributed by atoms with E-state index in [0.29, 0.717) is 24.5 Å². The highest BCUT2D eigenvalue weighted by molar-refractivity contribution is 5.86. The molecule has 4 N–H and O–H groups in total. The lowest BCUT2D eigenvalue weighted by molar-refractivity contribution is 0.337. The van der Waals surface area contributed by atoms with Crippen LogP contribution in [0.25, 0.3) is 0 Å². The number of ether oxygens (including phenoxy) is 2. The second-order valence-electron chi connectivity index (χ2n) is 3.57. The molecule has 1 rings (SSSR count). The lowest BCUT2D eigenvalue weighted by Gasteiger charge is -2.20. The molecule has 1 aromatic rings. The van der Waals surface area contributed by atoms with Crippen molar-refractivity contribution in [1.29, 1.82) is 0 Å². The number of phenols is 2. The third kappa shape index (κ3) is 2.32. The number of phenolic OH excluding ortho intramolecular Hbond substituents is 2. The van der Waals surface area contributed by atoms with Crippen molar-refractivity contribution in [3.05, 3.63) is 0 Å². The zero-order valence-electron chi connectivity index (χ0n) is 11.1. The standard InChI is InChI=1S/C12H20N2O4/c1-5-13-7-9(15)8(14-6-2)12(18-4)10(16)11(7)17-3/h13-16H,5-6H2,1-4H3. The van der Waals surface area contributed by atoms with Crippen LogP contribution in [0.3, 0.4) is 0 Å². The maximum atomic E-state index is 10.2. The summed E-state index contributed by atoms with van der Waals surface area (Å²) in [6.07, 6.45) is 0. The van der Waals surface area contributed by atoms with Crippen LogP contribution in [0.4, 0.5) is 11.4 Å². The van der Waals surface area contributed by atoms with Gasteiger partial charge in [0.1, 0.15) is 11.4 Å². The van der Waals surface area contributed by atoms with E-state index in [2.05, 4.69) is 10.6 Å². The van der Waals surface area contributed by atoms with Gasteiger partial charge in [-0.1, -0.05) is 0 Å². The van der Waals surface area contributed by atoms with Gasteiger partial charge in [-0.2, -0.15) is 0 Å². The van der Waals surface area contributed by atoms with E-state index in [9.17, 15) is 10.2 Å². The molecule has 18 heavy (non-hydrogen) atoms. The average molecular weight is 256 g/mol. The Labute approximate surface area is 107 Å². The maximum absolute atomic E-state index is 10.2. The number of nitrogens with one attached hydrogen (secondary N) is 2. The first-order chi connectivity index (χ1) is 8.62. The van der Waals surface area contributed by atoms with Crippen LogP contribution >= 0.6 is 0 Å². The normalized spacial score (nSPS) is 10.0. The molecule has 1 aromatic carbocycles. The minimum absolute atomic E-state index is 0.0369. The average Bonchev–Trinajstić information content (AvgIpc) is 2.36. The van der Waals surface area contributed by atoms with E-state index >= 15 is 0 Å². The first-order valence-corrected chi connectivity index (χ1v) is 5.79. The van der Waals surface area contributed by atoms with Gasteiger partial charge in [-0.15, -0.1) is 0 Å². The Morgan fingerprint density at radius 1 is 0.833 bits per heavy atom. The highest BCUT2D eigenvalue weighted by Crippen LogP contribution is 2.53. The predicted octanol–water partition coefficient (Wildman–Crippen LogP) is 1.98. The number of hydrogen-bond donors (Lipinski definition) is 4. The molecule has 0 aliphatic rings. The molecule has 0 atom stereocenters. The van der Waals surface area contributed by atoms with Crippen LogP contribution in [-0.2, 0) is 0 Å². The molecule has 0 spiro atoms. The van der Waals surface area contributed by atoms with Gasteiger partial charge in [0.05, 0.1) is 14.2 Å². The number of aromatic hydroxyl groups is 2. The summed E-state index contributed by atoms with van der Waals surface area (Å²) >= 11 is 0. The van der Waals surface area contributed by atoms with Crippen LogP contribution in [0.5, 0.6) is 23.0 Å². The van der Waals surface area contributed by atoms with E-state index < -0.39 is 0 Å². The number of rotatable bonds is 6. The molecule has 0 heterocycles. The molecule has 0 aliphatic heterocycles. The van der Waals surface area contributed by atoms with Crippen molar-refractivity contribution < 1.29 is 19.7 Å². The lowest BCUT2D eigenvalue weighted by Crippen LogP contribution is -2.05. The third-order valence-corrected chi connectivity index (χ3v) is 2.47. The molecule has 0 saturated carbocycles. The van der Waals surface area contributed by atoms with Gasteiger partial charge in [0.2, 0.25) is 5.75 Å². The van der Waals surface area contributed by atoms with Crippen molar-refractivity contribution in [2.75, 3.05) is 37.9 Å². The summed E-state index contributed by atoms with van der Waals surface area (Å²) in [6.45, 7) is 4.93. The van der Waals surface area contributed by atoms with Gasteiger partial charge in [0, 0.05) is 13.1 Å². The topological polar surface area (TPSA) is 83.0 Å². The Balaban J connectivity index is 3.51. The van der Waals surface area contributed by atoms with E-state index in [1.54, 1.807) is 0 Å². The fraction of sp³-hybridized carbons (Fsp3) is 0.500. The summed E-state index contributed by atoms with van der Waals surface area (Å²) in [5.74, 6) is 0.135. The van der Waals surface area contributed by atoms with Crippen LogP contribution in [0.1, 0.15) is 13.8 Å². The van der Waals surface area contributed by atoms with Crippen molar-refractivity contribution in [3.63, 3.8) is 0 Å². The van der Waals surface area contributed by atoms with Crippen molar-refractivity contribution in [3.8, 4) is 23.0 Å². The van der Waals surface area contributed by atoms with Crippen molar-refractivity contribution in [1.82, 2.24) is 0 Å². The Bertz CT molecular complexity index is 386. The first kappa shape index (κ1) is 14.1. The van der Waals surface area contributed by atoms with Gasteiger partial charge in [-0.25, -0.2) is 0 Å². The lowest BCUT2D eigenvalue weighted by atomic mass is 10.1. The Hall–Kier alpha value is -1.98. The second-order valence-corrected chi connectivity index (χ2v) is 3.57. The smallest absolute Gasteiger partial charge is 0.205 e. The predicted molar refractivity (Wildman–Crippen MR) is 71.2 cm³/mol. The van der Waals surface area contributed by atoms with Gasteiger partial charge in [0.25, 0.3) is 0 Å². The van der Waals surface area contributed by atoms with Gasteiger partial charge >= 0.3 is 0 Å². The summed E-state index contributed by atoms with van der Waals surface area (Å²) in [5, 5.41) is 26.2. The van der Waals surface area contributed by atoms with Crippen molar-refractivity contribution >= 4 is 11.4 Å². The Morgan fingerprint density at radius 2 is 1.22 bits per heavy atom. The molecule has 0 amide bonds. The van der Waals surface area contributed by atoms with Gasteiger partial charge < -0.3 is 30.3 Å². The van der Waals surface area contributed by atoms with E-state index in [4.69, 9.17) is 9.47 Å². The molecule has 0 bridgehead atoms. The van der Waals surface area contributed by atoms with E-state index in [0.717, 1.165) is 0 Å². The fourth-order valence-corrected chi connectivity index (χ4v) is 1.76. The zero-order valence-corrected chi connectivity index (χ0v) is 11.1. The summed E-state index contributed by atoms with van der Waals surface area (Å²) in [7, 11) is 2.84. The number of hydrogen-bond acceptors (Lipinski definition) is 6. The molecule has 0 unspecified atom stereocenters. The monoisotopic (exact) mass is 256 g/mol. The number of anilines is 2. The molecule has 0 radical (unpaired) electrons. The number of methoxy groups -OCH3 is 2. The highest BCUT2D eigenvalue weighted by Gasteiger charge is 2.24. The minimum Gasteiger partial charge on any atom is -0.504 e.